The van der Waals surface area contributed by atoms with Gasteiger partial charge in [0, 0.05) is 23.5 Å². The van der Waals surface area contributed by atoms with Crippen molar-refractivity contribution in [1.82, 2.24) is 0 Å². The molecule has 0 saturated heterocycles. The first-order valence-corrected chi connectivity index (χ1v) is 7.24. The Hall–Kier alpha value is -1.36. The topological polar surface area (TPSA) is 70.6 Å². The Morgan fingerprint density at radius 1 is 1.44 bits per heavy atom. The number of amidine groups is 1. The molecule has 1 saturated carbocycles. The van der Waals surface area contributed by atoms with Gasteiger partial charge in [-0.25, -0.2) is 0 Å². The smallest absolute Gasteiger partial charge is 0.139 e. The van der Waals surface area contributed by atoms with Crippen molar-refractivity contribution in [1.29, 1.82) is 0 Å². The van der Waals surface area contributed by atoms with Gasteiger partial charge in [-0.05, 0) is 48.8 Å². The third-order valence-electron chi connectivity index (χ3n) is 3.40. The van der Waals surface area contributed by atoms with Crippen LogP contribution < -0.4 is 11.1 Å². The minimum absolute atomic E-state index is 0.189. The number of oxime groups is 1. The van der Waals surface area contributed by atoms with Crippen LogP contribution >= 0.6 is 11.8 Å². The summed E-state index contributed by atoms with van der Waals surface area (Å²) in [6, 6.07) is 8.39. The lowest BCUT2D eigenvalue weighted by Crippen LogP contribution is -2.23. The SMILES string of the molecule is CSc1ccc(NCC2(CC(N)=NO)CC2)cc1. The van der Waals surface area contributed by atoms with Crippen LogP contribution in [0.5, 0.6) is 0 Å². The maximum absolute atomic E-state index is 8.61. The van der Waals surface area contributed by atoms with Crippen molar-refractivity contribution in [3.63, 3.8) is 0 Å². The number of nitrogens with two attached hydrogens (primary N) is 1. The van der Waals surface area contributed by atoms with Crippen LogP contribution in [0.2, 0.25) is 0 Å². The fraction of sp³-hybridized carbons (Fsp3) is 0.462. The minimum atomic E-state index is 0.189. The Morgan fingerprint density at radius 3 is 2.61 bits per heavy atom. The molecule has 2 rings (SSSR count). The Bertz CT molecular complexity index is 426. The van der Waals surface area contributed by atoms with Crippen LogP contribution in [0.15, 0.2) is 34.3 Å². The molecule has 0 spiro atoms. The lowest BCUT2D eigenvalue weighted by atomic mass is 10.0. The number of thioether (sulfide) groups is 1. The average molecular weight is 265 g/mol. The molecule has 1 aliphatic carbocycles. The number of nitrogens with one attached hydrogen (secondary N) is 1. The number of nitrogens with zero attached hydrogens (tertiary/aromatic N) is 1. The summed E-state index contributed by atoms with van der Waals surface area (Å²) in [4.78, 5) is 1.26. The summed E-state index contributed by atoms with van der Waals surface area (Å²) in [6.45, 7) is 0.877. The van der Waals surface area contributed by atoms with E-state index in [0.717, 1.165) is 25.1 Å². The molecular weight excluding hydrogens is 246 g/mol. The molecular formula is C13H19N3OS. The monoisotopic (exact) mass is 265 g/mol. The Labute approximate surface area is 112 Å². The van der Waals surface area contributed by atoms with Crippen LogP contribution in [0.1, 0.15) is 19.3 Å². The van der Waals surface area contributed by atoms with E-state index < -0.39 is 0 Å². The van der Waals surface area contributed by atoms with Crippen LogP contribution in [-0.2, 0) is 0 Å². The Balaban J connectivity index is 1.87. The van der Waals surface area contributed by atoms with Gasteiger partial charge >= 0.3 is 0 Å². The lowest BCUT2D eigenvalue weighted by Gasteiger charge is -2.16. The summed E-state index contributed by atoms with van der Waals surface area (Å²) in [5.41, 5.74) is 6.89. The molecule has 0 atom stereocenters. The van der Waals surface area contributed by atoms with Crippen LogP contribution in [0.4, 0.5) is 5.69 Å². The average Bonchev–Trinajstić information content (AvgIpc) is 3.17. The maximum atomic E-state index is 8.61. The predicted octanol–water partition coefficient (Wildman–Crippen LogP) is 2.74. The van der Waals surface area contributed by atoms with Gasteiger partial charge in [0.05, 0.1) is 0 Å². The van der Waals surface area contributed by atoms with E-state index >= 15 is 0 Å². The van der Waals surface area contributed by atoms with E-state index in [1.165, 1.54) is 4.90 Å². The van der Waals surface area contributed by atoms with Crippen LogP contribution in [0, 0.1) is 5.41 Å². The molecule has 0 unspecified atom stereocenters. The van der Waals surface area contributed by atoms with Gasteiger partial charge in [0.1, 0.15) is 5.84 Å². The maximum Gasteiger partial charge on any atom is 0.139 e. The highest BCUT2D eigenvalue weighted by Crippen LogP contribution is 2.48. The van der Waals surface area contributed by atoms with Gasteiger partial charge in [-0.1, -0.05) is 5.16 Å². The van der Waals surface area contributed by atoms with Crippen LogP contribution in [-0.4, -0.2) is 23.8 Å². The molecule has 1 aromatic carbocycles. The summed E-state index contributed by atoms with van der Waals surface area (Å²) >= 11 is 1.74. The molecule has 4 N–H and O–H groups in total. The summed E-state index contributed by atoms with van der Waals surface area (Å²) in [5.74, 6) is 0.326. The zero-order chi connectivity index (χ0) is 13.0. The third-order valence-corrected chi connectivity index (χ3v) is 4.14. The molecule has 0 aliphatic heterocycles. The lowest BCUT2D eigenvalue weighted by molar-refractivity contribution is 0.315. The van der Waals surface area contributed by atoms with Gasteiger partial charge < -0.3 is 16.3 Å². The number of rotatable bonds is 6. The zero-order valence-corrected chi connectivity index (χ0v) is 11.3. The van der Waals surface area contributed by atoms with Gasteiger partial charge in [-0.3, -0.25) is 0 Å². The largest absolute Gasteiger partial charge is 0.409 e. The van der Waals surface area contributed by atoms with Gasteiger partial charge in [0.15, 0.2) is 0 Å². The van der Waals surface area contributed by atoms with Crippen molar-refractivity contribution < 1.29 is 5.21 Å². The highest BCUT2D eigenvalue weighted by molar-refractivity contribution is 7.98. The highest BCUT2D eigenvalue weighted by Gasteiger charge is 2.43. The molecule has 1 aliphatic rings. The quantitative estimate of drug-likeness (QED) is 0.243. The van der Waals surface area contributed by atoms with Gasteiger partial charge in [-0.15, -0.1) is 11.8 Å². The first kappa shape index (κ1) is 13.1. The molecule has 98 valence electrons. The van der Waals surface area contributed by atoms with E-state index in [4.69, 9.17) is 10.9 Å². The predicted molar refractivity (Wildman–Crippen MR) is 76.4 cm³/mol. The molecule has 1 fully saturated rings. The molecule has 0 amide bonds. The van der Waals surface area contributed by atoms with E-state index in [1.807, 2.05) is 0 Å². The molecule has 0 bridgehead atoms. The molecule has 4 nitrogen and oxygen atoms in total. The van der Waals surface area contributed by atoms with Crippen molar-refractivity contribution in [2.75, 3.05) is 18.1 Å². The molecule has 5 heteroatoms. The van der Waals surface area contributed by atoms with E-state index in [2.05, 4.69) is 41.0 Å². The van der Waals surface area contributed by atoms with Gasteiger partial charge in [0.25, 0.3) is 0 Å². The van der Waals surface area contributed by atoms with Gasteiger partial charge in [-0.2, -0.15) is 0 Å². The highest BCUT2D eigenvalue weighted by atomic mass is 32.2. The Morgan fingerprint density at radius 2 is 2.11 bits per heavy atom. The first-order chi connectivity index (χ1) is 8.67. The second-order valence-electron chi connectivity index (χ2n) is 4.85. The summed E-state index contributed by atoms with van der Waals surface area (Å²) in [7, 11) is 0. The minimum Gasteiger partial charge on any atom is -0.409 e. The second kappa shape index (κ2) is 5.52. The normalized spacial score (nSPS) is 17.5. The van der Waals surface area contributed by atoms with Crippen molar-refractivity contribution in [3.05, 3.63) is 24.3 Å². The fourth-order valence-corrected chi connectivity index (χ4v) is 2.42. The number of hydrogen-bond acceptors (Lipinski definition) is 4. The van der Waals surface area contributed by atoms with Crippen LogP contribution in [0.25, 0.3) is 0 Å². The van der Waals surface area contributed by atoms with Crippen molar-refractivity contribution in [2.45, 2.75) is 24.2 Å². The number of hydrogen-bond donors (Lipinski definition) is 3. The molecule has 1 aromatic rings. The van der Waals surface area contributed by atoms with E-state index in [0.29, 0.717) is 12.3 Å². The van der Waals surface area contributed by atoms with Crippen molar-refractivity contribution in [3.8, 4) is 0 Å². The molecule has 0 radical (unpaired) electrons. The van der Waals surface area contributed by atoms with E-state index in [1.54, 1.807) is 11.8 Å². The molecule has 0 heterocycles. The number of anilines is 1. The summed E-state index contributed by atoms with van der Waals surface area (Å²) < 4.78 is 0. The first-order valence-electron chi connectivity index (χ1n) is 6.02. The molecule has 0 aromatic heterocycles. The van der Waals surface area contributed by atoms with Crippen LogP contribution in [0.3, 0.4) is 0 Å². The summed E-state index contributed by atoms with van der Waals surface area (Å²) in [6.07, 6.45) is 5.01. The summed E-state index contributed by atoms with van der Waals surface area (Å²) in [5, 5.41) is 15.1. The van der Waals surface area contributed by atoms with E-state index in [-0.39, 0.29) is 5.41 Å². The zero-order valence-electron chi connectivity index (χ0n) is 10.5. The fourth-order valence-electron chi connectivity index (χ4n) is 2.01. The van der Waals surface area contributed by atoms with Crippen molar-refractivity contribution >= 4 is 23.3 Å². The Kier molecular flexibility index (Phi) is 4.01. The van der Waals surface area contributed by atoms with E-state index in [9.17, 15) is 0 Å². The third kappa shape index (κ3) is 3.32. The second-order valence-corrected chi connectivity index (χ2v) is 5.73. The molecule has 18 heavy (non-hydrogen) atoms. The van der Waals surface area contributed by atoms with Crippen molar-refractivity contribution in [2.24, 2.45) is 16.3 Å². The number of benzene rings is 1. The standard InChI is InChI=1S/C13H19N3OS/c1-18-11-4-2-10(3-5-11)15-9-13(6-7-13)8-12(14)16-17/h2-5,15,17H,6-9H2,1H3,(H2,14,16). The van der Waals surface area contributed by atoms with Gasteiger partial charge in [0.2, 0.25) is 0 Å².